The molecule has 1 aromatic rings. The number of likely N-dealkylation sites (N-methyl/N-ethyl adjacent to an activating group) is 1. The highest BCUT2D eigenvalue weighted by atomic mass is 32.2. The molecule has 2 rings (SSSR count). The normalized spacial score (nSPS) is 18.9. The van der Waals surface area contributed by atoms with Gasteiger partial charge in [-0.05, 0) is 26.0 Å². The van der Waals surface area contributed by atoms with E-state index >= 15 is 0 Å². The topological polar surface area (TPSA) is 52.6 Å². The molecule has 0 spiro atoms. The molecule has 0 aliphatic carbocycles. The number of rotatable bonds is 7. The first-order valence-corrected chi connectivity index (χ1v) is 10.0. The van der Waals surface area contributed by atoms with Gasteiger partial charge in [-0.1, -0.05) is 36.8 Å². The average molecular weight is 340 g/mol. The molecule has 0 bridgehead atoms. The zero-order valence-corrected chi connectivity index (χ0v) is 15.3. The SMILES string of the molecule is CCN1CCN([C@H](C)CNS(=O)(=O)Cc2cccc(C)c2)CC1. The molecule has 1 aliphatic heterocycles. The van der Waals surface area contributed by atoms with E-state index < -0.39 is 10.0 Å². The molecular formula is C17H29N3O2S. The maximum Gasteiger partial charge on any atom is 0.215 e. The van der Waals surface area contributed by atoms with Crippen LogP contribution < -0.4 is 4.72 Å². The van der Waals surface area contributed by atoms with E-state index in [0.717, 1.165) is 43.9 Å². The van der Waals surface area contributed by atoms with E-state index in [1.807, 2.05) is 31.2 Å². The lowest BCUT2D eigenvalue weighted by Crippen LogP contribution is -2.52. The number of nitrogens with one attached hydrogen (secondary N) is 1. The third-order valence-corrected chi connectivity index (χ3v) is 5.84. The van der Waals surface area contributed by atoms with Crippen LogP contribution in [0.4, 0.5) is 0 Å². The molecule has 130 valence electrons. The van der Waals surface area contributed by atoms with Gasteiger partial charge in [-0.2, -0.15) is 0 Å². The van der Waals surface area contributed by atoms with E-state index in [4.69, 9.17) is 0 Å². The van der Waals surface area contributed by atoms with Crippen molar-refractivity contribution in [3.63, 3.8) is 0 Å². The number of hydrogen-bond donors (Lipinski definition) is 1. The van der Waals surface area contributed by atoms with Gasteiger partial charge in [-0.15, -0.1) is 0 Å². The van der Waals surface area contributed by atoms with Gasteiger partial charge in [0.2, 0.25) is 10.0 Å². The maximum atomic E-state index is 12.3. The van der Waals surface area contributed by atoms with Crippen LogP contribution >= 0.6 is 0 Å². The van der Waals surface area contributed by atoms with Gasteiger partial charge in [-0.25, -0.2) is 13.1 Å². The fourth-order valence-corrected chi connectivity index (χ4v) is 4.18. The molecule has 1 aliphatic rings. The Balaban J connectivity index is 1.82. The van der Waals surface area contributed by atoms with E-state index in [0.29, 0.717) is 6.54 Å². The first-order valence-electron chi connectivity index (χ1n) is 8.39. The summed E-state index contributed by atoms with van der Waals surface area (Å²) in [5.74, 6) is 0.0466. The Bertz CT molecular complexity index is 596. The molecular weight excluding hydrogens is 310 g/mol. The number of benzene rings is 1. The summed E-state index contributed by atoms with van der Waals surface area (Å²) in [5, 5.41) is 0. The molecule has 0 radical (unpaired) electrons. The molecule has 23 heavy (non-hydrogen) atoms. The van der Waals surface area contributed by atoms with Crippen molar-refractivity contribution >= 4 is 10.0 Å². The van der Waals surface area contributed by atoms with Crippen LogP contribution in [-0.2, 0) is 15.8 Å². The van der Waals surface area contributed by atoms with Gasteiger partial charge in [0, 0.05) is 38.8 Å². The first-order chi connectivity index (χ1) is 10.9. The molecule has 1 aromatic carbocycles. The van der Waals surface area contributed by atoms with E-state index in [1.54, 1.807) is 0 Å². The third kappa shape index (κ3) is 5.88. The van der Waals surface area contributed by atoms with E-state index in [9.17, 15) is 8.42 Å². The van der Waals surface area contributed by atoms with Crippen molar-refractivity contribution in [2.45, 2.75) is 32.6 Å². The molecule has 6 heteroatoms. The molecule has 1 fully saturated rings. The number of aryl methyl sites for hydroxylation is 1. The van der Waals surface area contributed by atoms with Crippen LogP contribution in [0.25, 0.3) is 0 Å². The number of sulfonamides is 1. The summed E-state index contributed by atoms with van der Waals surface area (Å²) in [4.78, 5) is 4.78. The second kappa shape index (κ2) is 8.24. The van der Waals surface area contributed by atoms with Gasteiger partial charge < -0.3 is 4.90 Å². The van der Waals surface area contributed by atoms with Crippen LogP contribution in [0.15, 0.2) is 24.3 Å². The number of hydrogen-bond acceptors (Lipinski definition) is 4. The van der Waals surface area contributed by atoms with Gasteiger partial charge >= 0.3 is 0 Å². The molecule has 5 nitrogen and oxygen atoms in total. The summed E-state index contributed by atoms with van der Waals surface area (Å²) in [5.41, 5.74) is 1.92. The fraction of sp³-hybridized carbons (Fsp3) is 0.647. The Morgan fingerprint density at radius 3 is 2.52 bits per heavy atom. The van der Waals surface area contributed by atoms with Crippen LogP contribution in [0.5, 0.6) is 0 Å². The summed E-state index contributed by atoms with van der Waals surface area (Å²) < 4.78 is 27.3. The lowest BCUT2D eigenvalue weighted by Gasteiger charge is -2.37. The Kier molecular flexibility index (Phi) is 6.59. The molecule has 0 unspecified atom stereocenters. The lowest BCUT2D eigenvalue weighted by atomic mass is 10.2. The molecule has 0 aromatic heterocycles. The smallest absolute Gasteiger partial charge is 0.215 e. The van der Waals surface area contributed by atoms with Gasteiger partial charge in [0.05, 0.1) is 5.75 Å². The zero-order valence-electron chi connectivity index (χ0n) is 14.5. The summed E-state index contributed by atoms with van der Waals surface area (Å²) in [7, 11) is -3.29. The van der Waals surface area contributed by atoms with Crippen molar-refractivity contribution in [2.75, 3.05) is 39.3 Å². The minimum absolute atomic E-state index is 0.0466. The highest BCUT2D eigenvalue weighted by molar-refractivity contribution is 7.88. The summed E-state index contributed by atoms with van der Waals surface area (Å²) in [6.07, 6.45) is 0. The predicted octanol–water partition coefficient (Wildman–Crippen LogP) is 1.44. The van der Waals surface area contributed by atoms with Gasteiger partial charge in [0.1, 0.15) is 0 Å². The third-order valence-electron chi connectivity index (χ3n) is 4.52. The molecule has 1 heterocycles. The van der Waals surface area contributed by atoms with Crippen LogP contribution in [0, 0.1) is 6.92 Å². The largest absolute Gasteiger partial charge is 0.301 e. The van der Waals surface area contributed by atoms with Crippen LogP contribution in [-0.4, -0.2) is 63.5 Å². The highest BCUT2D eigenvalue weighted by Gasteiger charge is 2.21. The van der Waals surface area contributed by atoms with Crippen molar-refractivity contribution in [3.8, 4) is 0 Å². The minimum atomic E-state index is -3.29. The van der Waals surface area contributed by atoms with Gasteiger partial charge in [0.25, 0.3) is 0 Å². The first kappa shape index (κ1) is 18.4. The highest BCUT2D eigenvalue weighted by Crippen LogP contribution is 2.09. The molecule has 1 saturated heterocycles. The van der Waals surface area contributed by atoms with E-state index in [1.165, 1.54) is 0 Å². The minimum Gasteiger partial charge on any atom is -0.301 e. The van der Waals surface area contributed by atoms with Crippen molar-refractivity contribution in [1.82, 2.24) is 14.5 Å². The van der Waals surface area contributed by atoms with Crippen molar-refractivity contribution in [3.05, 3.63) is 35.4 Å². The van der Waals surface area contributed by atoms with Gasteiger partial charge in [0.15, 0.2) is 0 Å². The Labute approximate surface area is 140 Å². The van der Waals surface area contributed by atoms with Crippen molar-refractivity contribution < 1.29 is 8.42 Å². The summed E-state index contributed by atoms with van der Waals surface area (Å²) >= 11 is 0. The molecule has 0 amide bonds. The predicted molar refractivity (Wildman–Crippen MR) is 95.0 cm³/mol. The molecule has 1 N–H and O–H groups in total. The number of piperazine rings is 1. The standard InChI is InChI=1S/C17H29N3O2S/c1-4-19-8-10-20(11-9-19)16(3)13-18-23(21,22)14-17-7-5-6-15(2)12-17/h5-7,12,16,18H,4,8-11,13-14H2,1-3H3/t16-/m1/s1. The van der Waals surface area contributed by atoms with Crippen molar-refractivity contribution in [2.24, 2.45) is 0 Å². The van der Waals surface area contributed by atoms with E-state index in [-0.39, 0.29) is 11.8 Å². The second-order valence-corrected chi connectivity index (χ2v) is 8.22. The van der Waals surface area contributed by atoms with Crippen LogP contribution in [0.1, 0.15) is 25.0 Å². The second-order valence-electron chi connectivity index (χ2n) is 6.42. The summed E-state index contributed by atoms with van der Waals surface area (Å²) in [6, 6.07) is 7.88. The fourth-order valence-electron chi connectivity index (χ4n) is 2.97. The zero-order chi connectivity index (χ0) is 16.9. The summed E-state index contributed by atoms with van der Waals surface area (Å²) in [6.45, 7) is 12.0. The quantitative estimate of drug-likeness (QED) is 0.817. The number of nitrogens with zero attached hydrogens (tertiary/aromatic N) is 2. The Morgan fingerprint density at radius 2 is 1.91 bits per heavy atom. The molecule has 0 saturated carbocycles. The van der Waals surface area contributed by atoms with Gasteiger partial charge in [-0.3, -0.25) is 4.90 Å². The molecule has 1 atom stereocenters. The average Bonchev–Trinajstić information content (AvgIpc) is 2.52. The van der Waals surface area contributed by atoms with E-state index in [2.05, 4.69) is 28.4 Å². The van der Waals surface area contributed by atoms with Crippen LogP contribution in [0.2, 0.25) is 0 Å². The van der Waals surface area contributed by atoms with Crippen LogP contribution in [0.3, 0.4) is 0 Å². The Hall–Kier alpha value is -0.950. The maximum absolute atomic E-state index is 12.3. The monoisotopic (exact) mass is 339 g/mol. The van der Waals surface area contributed by atoms with Crippen molar-refractivity contribution in [1.29, 1.82) is 0 Å². The lowest BCUT2D eigenvalue weighted by molar-refractivity contribution is 0.107. The Morgan fingerprint density at radius 1 is 1.22 bits per heavy atom.